The third kappa shape index (κ3) is 4.51. The molecule has 0 unspecified atom stereocenters. The van der Waals surface area contributed by atoms with E-state index in [0.29, 0.717) is 27.3 Å². The second-order valence-corrected chi connectivity index (χ2v) is 12.9. The van der Waals surface area contributed by atoms with Crippen LogP contribution in [0.15, 0.2) is 198 Å². The average molecular weight is 686 g/mol. The summed E-state index contributed by atoms with van der Waals surface area (Å²) in [4.78, 5) is 0. The molecule has 0 saturated carbocycles. The molecule has 0 bridgehead atoms. The van der Waals surface area contributed by atoms with E-state index < -0.39 is 78.6 Å². The van der Waals surface area contributed by atoms with Crippen LogP contribution in [0.2, 0.25) is 0 Å². The third-order valence-electron chi connectivity index (χ3n) is 10.2. The van der Waals surface area contributed by atoms with Crippen LogP contribution in [0, 0.1) is 0 Å². The summed E-state index contributed by atoms with van der Waals surface area (Å²) in [7, 11) is 0. The van der Waals surface area contributed by atoms with Crippen LogP contribution in [0.3, 0.4) is 0 Å². The molecule has 1 aromatic heterocycles. The highest BCUT2D eigenvalue weighted by atomic mass is 16.3. The molecule has 53 heavy (non-hydrogen) atoms. The van der Waals surface area contributed by atoms with Gasteiger partial charge in [-0.25, -0.2) is 0 Å². The maximum Gasteiger partial charge on any atom is 0.136 e. The van der Waals surface area contributed by atoms with E-state index in [1.807, 2.05) is 78.9 Å². The van der Waals surface area contributed by atoms with Gasteiger partial charge in [0.15, 0.2) is 0 Å². The number of para-hydroxylation sites is 1. The molecule has 11 rings (SSSR count). The first-order valence-electron chi connectivity index (χ1n) is 23.7. The van der Waals surface area contributed by atoms with Crippen LogP contribution in [0.5, 0.6) is 0 Å². The Hall–Kier alpha value is -6.96. The van der Waals surface area contributed by atoms with Crippen LogP contribution in [-0.4, -0.2) is 0 Å². The molecule has 0 radical (unpaired) electrons. The molecule has 11 aromatic rings. The predicted octanol–water partition coefficient (Wildman–Crippen LogP) is 14.9. The second-order valence-electron chi connectivity index (χ2n) is 12.9. The molecule has 0 aliphatic rings. The summed E-state index contributed by atoms with van der Waals surface area (Å²) in [6.45, 7) is 0. The molecule has 0 aliphatic carbocycles. The molecular weight excluding hydrogens is 641 g/mol. The number of fused-ring (bicyclic) bond motifs is 7. The van der Waals surface area contributed by atoms with Gasteiger partial charge in [-0.05, 0) is 99.7 Å². The minimum absolute atomic E-state index is 0.000741. The fourth-order valence-corrected chi connectivity index (χ4v) is 8.03. The zero-order valence-corrected chi connectivity index (χ0v) is 27.9. The summed E-state index contributed by atoms with van der Waals surface area (Å²) in [5, 5.41) is 4.13. The van der Waals surface area contributed by atoms with E-state index in [0.717, 1.165) is 32.9 Å². The molecule has 0 amide bonds. The molecule has 0 atom stereocenters. The van der Waals surface area contributed by atoms with Crippen molar-refractivity contribution in [2.24, 2.45) is 0 Å². The van der Waals surface area contributed by atoms with Crippen molar-refractivity contribution in [2.75, 3.05) is 0 Å². The molecule has 10 aromatic carbocycles. The van der Waals surface area contributed by atoms with E-state index in [4.69, 9.17) is 16.8 Å². The highest BCUT2D eigenvalue weighted by molar-refractivity contribution is 6.27. The van der Waals surface area contributed by atoms with Gasteiger partial charge in [-0.15, -0.1) is 0 Å². The van der Waals surface area contributed by atoms with Crippen LogP contribution in [0.4, 0.5) is 0 Å². The van der Waals surface area contributed by atoms with E-state index in [9.17, 15) is 5.48 Å². The monoisotopic (exact) mass is 685 g/mol. The van der Waals surface area contributed by atoms with Crippen molar-refractivity contribution in [3.63, 3.8) is 0 Å². The minimum atomic E-state index is -0.604. The van der Waals surface area contributed by atoms with Crippen molar-refractivity contribution in [1.82, 2.24) is 0 Å². The topological polar surface area (TPSA) is 13.1 Å². The van der Waals surface area contributed by atoms with E-state index in [2.05, 4.69) is 0 Å². The highest BCUT2D eigenvalue weighted by Gasteiger charge is 2.22. The van der Waals surface area contributed by atoms with Crippen molar-refractivity contribution < 1.29 is 22.2 Å². The van der Waals surface area contributed by atoms with Crippen LogP contribution in [0.25, 0.3) is 110 Å². The molecule has 0 aliphatic heterocycles. The van der Waals surface area contributed by atoms with Gasteiger partial charge < -0.3 is 4.42 Å². The molecule has 0 N–H and O–H groups in total. The van der Waals surface area contributed by atoms with Crippen molar-refractivity contribution in [1.29, 1.82) is 0 Å². The molecule has 1 nitrogen and oxygen atoms in total. The Labute approximate surface area is 325 Å². The summed E-state index contributed by atoms with van der Waals surface area (Å²) < 4.78 is 125. The van der Waals surface area contributed by atoms with E-state index in [1.54, 1.807) is 36.4 Å². The summed E-state index contributed by atoms with van der Waals surface area (Å²) in [5.41, 5.74) is 3.82. The van der Waals surface area contributed by atoms with Gasteiger partial charge in [-0.2, -0.15) is 0 Å². The largest absolute Gasteiger partial charge is 0.456 e. The van der Waals surface area contributed by atoms with Crippen LogP contribution >= 0.6 is 0 Å². The fourth-order valence-electron chi connectivity index (χ4n) is 8.03. The van der Waals surface area contributed by atoms with Crippen LogP contribution < -0.4 is 0 Å². The highest BCUT2D eigenvalue weighted by Crippen LogP contribution is 2.50. The second kappa shape index (κ2) is 11.8. The van der Waals surface area contributed by atoms with Gasteiger partial charge in [-0.3, -0.25) is 0 Å². The van der Waals surface area contributed by atoms with Crippen LogP contribution in [0.1, 0.15) is 17.8 Å². The normalized spacial score (nSPS) is 15.2. The number of hydrogen-bond donors (Lipinski definition) is 0. The Morgan fingerprint density at radius 1 is 0.321 bits per heavy atom. The summed E-state index contributed by atoms with van der Waals surface area (Å²) >= 11 is 0. The number of furan rings is 1. The average Bonchev–Trinajstić information content (AvgIpc) is 3.73. The fraction of sp³-hybridized carbons (Fsp3) is 0. The molecule has 0 fully saturated rings. The lowest BCUT2D eigenvalue weighted by Crippen LogP contribution is -1.95. The number of benzene rings is 10. The third-order valence-corrected chi connectivity index (χ3v) is 10.2. The van der Waals surface area contributed by atoms with Gasteiger partial charge in [0.2, 0.25) is 0 Å². The molecule has 246 valence electrons. The maximum absolute atomic E-state index is 9.72. The van der Waals surface area contributed by atoms with E-state index >= 15 is 0 Å². The first-order chi connectivity index (χ1) is 31.7. The molecular formula is C52H32O. The Kier molecular flexibility index (Phi) is 4.36. The molecule has 1 heterocycles. The Bertz CT molecular complexity index is 3880. The first-order valence-corrected chi connectivity index (χ1v) is 17.2. The van der Waals surface area contributed by atoms with E-state index in [1.165, 1.54) is 0 Å². The zero-order valence-electron chi connectivity index (χ0n) is 40.9. The Morgan fingerprint density at radius 3 is 1.60 bits per heavy atom. The maximum atomic E-state index is 9.72. The van der Waals surface area contributed by atoms with Gasteiger partial charge in [0.1, 0.15) is 11.2 Å². The van der Waals surface area contributed by atoms with Crippen molar-refractivity contribution in [3.05, 3.63) is 194 Å². The van der Waals surface area contributed by atoms with Gasteiger partial charge in [-0.1, -0.05) is 182 Å². The lowest BCUT2D eigenvalue weighted by molar-refractivity contribution is 0.669. The van der Waals surface area contributed by atoms with Gasteiger partial charge in [0.25, 0.3) is 0 Å². The lowest BCUT2D eigenvalue weighted by Gasteiger charge is -2.22. The summed E-state index contributed by atoms with van der Waals surface area (Å²) in [6.07, 6.45) is 0. The summed E-state index contributed by atoms with van der Waals surface area (Å²) in [5.74, 6) is 0. The van der Waals surface area contributed by atoms with Crippen molar-refractivity contribution in [3.8, 4) is 44.5 Å². The van der Waals surface area contributed by atoms with Crippen LogP contribution in [-0.2, 0) is 0 Å². The van der Waals surface area contributed by atoms with E-state index in [-0.39, 0.29) is 49.4 Å². The first kappa shape index (κ1) is 19.6. The number of rotatable bonds is 4. The lowest BCUT2D eigenvalue weighted by atomic mass is 9.81. The number of hydrogen-bond acceptors (Lipinski definition) is 1. The summed E-state index contributed by atoms with van der Waals surface area (Å²) in [6, 6.07) is 28.3. The molecule has 0 saturated heterocycles. The van der Waals surface area contributed by atoms with Crippen molar-refractivity contribution >= 4 is 65.0 Å². The van der Waals surface area contributed by atoms with Crippen molar-refractivity contribution in [2.45, 2.75) is 0 Å². The Morgan fingerprint density at radius 2 is 0.868 bits per heavy atom. The van der Waals surface area contributed by atoms with Gasteiger partial charge in [0.05, 0.1) is 17.8 Å². The zero-order chi connectivity index (χ0) is 46.2. The van der Waals surface area contributed by atoms with Gasteiger partial charge >= 0.3 is 0 Å². The smallest absolute Gasteiger partial charge is 0.136 e. The standard InChI is InChI=1S/C52H32O/c1-2-15-33(16-3-1)36-30-29-34-17-4-5-18-35(34)51(36)52-43-23-10-8-21-41(43)49(42-22-9-11-24-44(42)52)45-32-31-39(37-19-6-7-20-38(37)45)40-26-14-28-48-50(40)46-25-12-13-27-47(46)53-48/h1-32H/i1D,2D,3D,8D,9D,10D,11D,15D,16D,21D,22D,23D,24D. The minimum Gasteiger partial charge on any atom is -0.456 e. The molecule has 1 heteroatoms. The molecule has 0 spiro atoms. The quantitative estimate of drug-likeness (QED) is 0.168. The predicted molar refractivity (Wildman–Crippen MR) is 225 cm³/mol. The SMILES string of the molecule is [2H]c1c([2H])c([2H])c(-c2ccc3ccccc3c2-c2c3c([2H])c([2H])c([2H])c([2H])c3c(-c3ccc(-c4cccc5oc6ccccc6c45)c4ccccc34)c3c([2H])c([2H])c([2H])c([2H])c23)c([2H])c1[2H]. The van der Waals surface area contributed by atoms with Gasteiger partial charge in [0, 0.05) is 10.8 Å². The Balaban J connectivity index is 1.38.